The minimum Gasteiger partial charge on any atom is -0.497 e. The number of ether oxygens (including phenoxy) is 1. The van der Waals surface area contributed by atoms with E-state index in [2.05, 4.69) is 15.6 Å². The Balaban J connectivity index is 1.42. The molecule has 0 aliphatic carbocycles. The highest BCUT2D eigenvalue weighted by Crippen LogP contribution is 2.26. The normalized spacial score (nSPS) is 10.7. The summed E-state index contributed by atoms with van der Waals surface area (Å²) in [5.74, 6) is 1.64. The second-order valence-corrected chi connectivity index (χ2v) is 7.22. The van der Waals surface area contributed by atoms with Crippen LogP contribution in [0, 0.1) is 5.82 Å². The Hall–Kier alpha value is -4.00. The van der Waals surface area contributed by atoms with Crippen LogP contribution in [0.1, 0.15) is 5.56 Å². The number of rotatable bonds is 8. The molecule has 0 atom stereocenters. The van der Waals surface area contributed by atoms with Gasteiger partial charge in [0.1, 0.15) is 17.4 Å². The van der Waals surface area contributed by atoms with Gasteiger partial charge in [0.15, 0.2) is 5.82 Å². The lowest BCUT2D eigenvalue weighted by molar-refractivity contribution is -0.120. The zero-order valence-corrected chi connectivity index (χ0v) is 17.6. The van der Waals surface area contributed by atoms with E-state index >= 15 is 0 Å². The summed E-state index contributed by atoms with van der Waals surface area (Å²) in [5.41, 5.74) is 2.48. The quantitative estimate of drug-likeness (QED) is 0.410. The number of amides is 1. The number of hydrogen-bond donors (Lipinski definition) is 2. The molecule has 0 unspecified atom stereocenters. The molecule has 2 N–H and O–H groups in total. The van der Waals surface area contributed by atoms with Crippen LogP contribution in [0.3, 0.4) is 0 Å². The molecule has 0 aliphatic heterocycles. The molecule has 4 rings (SSSR count). The zero-order chi connectivity index (χ0) is 22.3. The van der Waals surface area contributed by atoms with Crippen molar-refractivity contribution in [2.45, 2.75) is 6.42 Å². The van der Waals surface area contributed by atoms with Gasteiger partial charge < -0.3 is 15.4 Å². The van der Waals surface area contributed by atoms with Crippen LogP contribution >= 0.6 is 0 Å². The van der Waals surface area contributed by atoms with Crippen molar-refractivity contribution in [3.05, 3.63) is 84.2 Å². The van der Waals surface area contributed by atoms with Gasteiger partial charge in [0.25, 0.3) is 0 Å². The summed E-state index contributed by atoms with van der Waals surface area (Å²) in [5, 5.41) is 7.08. The molecule has 32 heavy (non-hydrogen) atoms. The van der Waals surface area contributed by atoms with E-state index in [0.717, 1.165) is 27.8 Å². The summed E-state index contributed by atoms with van der Waals surface area (Å²) in [6.07, 6.45) is 0.207. The molecule has 0 saturated carbocycles. The second-order valence-electron chi connectivity index (χ2n) is 7.22. The van der Waals surface area contributed by atoms with E-state index in [4.69, 9.17) is 9.72 Å². The number of carbonyl (C=O) groups is 1. The van der Waals surface area contributed by atoms with Crippen molar-refractivity contribution in [1.82, 2.24) is 15.3 Å². The van der Waals surface area contributed by atoms with Crippen LogP contribution in [0.2, 0.25) is 0 Å². The average molecular weight is 430 g/mol. The number of carbonyl (C=O) groups excluding carboxylic acids is 1. The van der Waals surface area contributed by atoms with E-state index < -0.39 is 0 Å². The van der Waals surface area contributed by atoms with Gasteiger partial charge in [0.05, 0.1) is 19.0 Å². The predicted octanol–water partition coefficient (Wildman–Crippen LogP) is 4.22. The highest BCUT2D eigenvalue weighted by molar-refractivity contribution is 5.90. The van der Waals surface area contributed by atoms with Gasteiger partial charge in [-0.1, -0.05) is 24.3 Å². The fourth-order valence-electron chi connectivity index (χ4n) is 3.31. The Morgan fingerprint density at radius 1 is 0.938 bits per heavy atom. The van der Waals surface area contributed by atoms with Crippen molar-refractivity contribution >= 4 is 22.6 Å². The predicted molar refractivity (Wildman–Crippen MR) is 123 cm³/mol. The van der Waals surface area contributed by atoms with Gasteiger partial charge in [0.2, 0.25) is 5.91 Å². The molecule has 0 bridgehead atoms. The van der Waals surface area contributed by atoms with Crippen molar-refractivity contribution in [1.29, 1.82) is 0 Å². The van der Waals surface area contributed by atoms with E-state index in [-0.39, 0.29) is 18.1 Å². The van der Waals surface area contributed by atoms with Crippen molar-refractivity contribution in [2.75, 3.05) is 25.5 Å². The Kier molecular flexibility index (Phi) is 6.55. The lowest BCUT2D eigenvalue weighted by Gasteiger charge is -2.12. The number of aromatic nitrogens is 2. The fraction of sp³-hybridized carbons (Fsp3) is 0.160. The van der Waals surface area contributed by atoms with Crippen molar-refractivity contribution in [3.8, 4) is 17.1 Å². The largest absolute Gasteiger partial charge is 0.497 e. The topological polar surface area (TPSA) is 76.1 Å². The molecule has 1 amide bonds. The molecule has 0 fully saturated rings. The molecule has 1 heterocycles. The number of benzene rings is 3. The van der Waals surface area contributed by atoms with Crippen LogP contribution in [-0.2, 0) is 11.2 Å². The fourth-order valence-corrected chi connectivity index (χ4v) is 3.31. The molecule has 162 valence electrons. The maximum absolute atomic E-state index is 13.0. The van der Waals surface area contributed by atoms with Crippen molar-refractivity contribution in [3.63, 3.8) is 0 Å². The number of hydrogen-bond acceptors (Lipinski definition) is 5. The van der Waals surface area contributed by atoms with Crippen LogP contribution in [0.25, 0.3) is 22.3 Å². The Labute approximate surface area is 185 Å². The molecular weight excluding hydrogens is 407 g/mol. The molecule has 4 aromatic rings. The molecule has 0 saturated heterocycles. The van der Waals surface area contributed by atoms with E-state index in [1.165, 1.54) is 12.1 Å². The SMILES string of the molecule is COc1ccc(-c2nc(NCCNC(=O)Cc3ccc(F)cc3)c3ccccc3n2)cc1. The summed E-state index contributed by atoms with van der Waals surface area (Å²) in [4.78, 5) is 21.5. The summed E-state index contributed by atoms with van der Waals surface area (Å²) >= 11 is 0. The third-order valence-corrected chi connectivity index (χ3v) is 4.97. The van der Waals surface area contributed by atoms with Crippen LogP contribution in [0.4, 0.5) is 10.2 Å². The Morgan fingerprint density at radius 3 is 2.44 bits per heavy atom. The third-order valence-electron chi connectivity index (χ3n) is 4.97. The highest BCUT2D eigenvalue weighted by Gasteiger charge is 2.10. The molecule has 3 aromatic carbocycles. The van der Waals surface area contributed by atoms with Crippen LogP contribution in [-0.4, -0.2) is 36.1 Å². The number of halogens is 1. The van der Waals surface area contributed by atoms with Crippen LogP contribution in [0.15, 0.2) is 72.8 Å². The van der Waals surface area contributed by atoms with E-state index in [9.17, 15) is 9.18 Å². The van der Waals surface area contributed by atoms with E-state index in [0.29, 0.717) is 24.7 Å². The number of nitrogens with zero attached hydrogens (tertiary/aromatic N) is 2. The van der Waals surface area contributed by atoms with Gasteiger partial charge >= 0.3 is 0 Å². The summed E-state index contributed by atoms with van der Waals surface area (Å²) in [6.45, 7) is 0.925. The molecule has 1 aromatic heterocycles. The molecule has 7 heteroatoms. The van der Waals surface area contributed by atoms with Gasteiger partial charge in [0, 0.05) is 24.0 Å². The van der Waals surface area contributed by atoms with Crippen molar-refractivity contribution in [2.24, 2.45) is 0 Å². The maximum Gasteiger partial charge on any atom is 0.224 e. The summed E-state index contributed by atoms with van der Waals surface area (Å²) in [6, 6.07) is 21.3. The molecule has 0 spiro atoms. The first-order chi connectivity index (χ1) is 15.6. The van der Waals surface area contributed by atoms with E-state index in [1.54, 1.807) is 19.2 Å². The average Bonchev–Trinajstić information content (AvgIpc) is 2.83. The Bertz CT molecular complexity index is 1210. The number of methoxy groups -OCH3 is 1. The standard InChI is InChI=1S/C25H23FN4O2/c1-32-20-12-8-18(9-13-20)24-29-22-5-3-2-4-21(22)25(30-24)28-15-14-27-23(31)16-17-6-10-19(26)11-7-17/h2-13H,14-16H2,1H3,(H,27,31)(H,28,29,30). The first-order valence-corrected chi connectivity index (χ1v) is 10.3. The number of para-hydroxylation sites is 1. The molecule has 0 aliphatic rings. The number of nitrogens with one attached hydrogen (secondary N) is 2. The monoisotopic (exact) mass is 430 g/mol. The Morgan fingerprint density at radius 2 is 1.69 bits per heavy atom. The maximum atomic E-state index is 13.0. The van der Waals surface area contributed by atoms with Gasteiger partial charge in [-0.25, -0.2) is 14.4 Å². The van der Waals surface area contributed by atoms with E-state index in [1.807, 2.05) is 48.5 Å². The second kappa shape index (κ2) is 9.87. The molecule has 6 nitrogen and oxygen atoms in total. The molecule has 0 radical (unpaired) electrons. The van der Waals surface area contributed by atoms with Crippen LogP contribution in [0.5, 0.6) is 5.75 Å². The van der Waals surface area contributed by atoms with Gasteiger partial charge in [-0.05, 0) is 54.1 Å². The first-order valence-electron chi connectivity index (χ1n) is 10.3. The summed E-state index contributed by atoms with van der Waals surface area (Å²) < 4.78 is 18.2. The minimum absolute atomic E-state index is 0.120. The number of fused-ring (bicyclic) bond motifs is 1. The minimum atomic E-state index is -0.315. The lowest BCUT2D eigenvalue weighted by atomic mass is 10.1. The third kappa shape index (κ3) is 5.18. The van der Waals surface area contributed by atoms with Gasteiger partial charge in [-0.3, -0.25) is 4.79 Å². The first kappa shape index (κ1) is 21.2. The van der Waals surface area contributed by atoms with Crippen LogP contribution < -0.4 is 15.4 Å². The van der Waals surface area contributed by atoms with Gasteiger partial charge in [-0.2, -0.15) is 0 Å². The lowest BCUT2D eigenvalue weighted by Crippen LogP contribution is -2.30. The zero-order valence-electron chi connectivity index (χ0n) is 17.6. The van der Waals surface area contributed by atoms with Crippen molar-refractivity contribution < 1.29 is 13.9 Å². The smallest absolute Gasteiger partial charge is 0.224 e. The summed E-state index contributed by atoms with van der Waals surface area (Å²) in [7, 11) is 1.63. The number of anilines is 1. The highest BCUT2D eigenvalue weighted by atomic mass is 19.1. The molecular formula is C25H23FN4O2. The van der Waals surface area contributed by atoms with Gasteiger partial charge in [-0.15, -0.1) is 0 Å².